The number of allylic oxidation sites excluding steroid dienone is 1. The molecule has 10 nitrogen and oxygen atoms in total. The highest BCUT2D eigenvalue weighted by Gasteiger charge is 2.53. The molecular weight excluding hydrogens is 474 g/mol. The molecule has 4 heterocycles. The van der Waals surface area contributed by atoms with Gasteiger partial charge >= 0.3 is 6.03 Å². The molecule has 4 N–H and O–H groups in total. The average molecular weight is 500 g/mol. The smallest absolute Gasteiger partial charge is 0.322 e. The van der Waals surface area contributed by atoms with Crippen LogP contribution in [-0.4, -0.2) is 41.4 Å². The fraction of sp³-hybridized carbons (Fsp3) is 0.259. The number of methoxy groups -OCH3 is 1. The summed E-state index contributed by atoms with van der Waals surface area (Å²) >= 11 is 0. The first kappa shape index (κ1) is 22.8. The molecule has 2 aliphatic heterocycles. The van der Waals surface area contributed by atoms with E-state index in [2.05, 4.69) is 15.6 Å². The Hall–Kier alpha value is -4.60. The lowest BCUT2D eigenvalue weighted by Crippen LogP contribution is -2.52. The number of pyridine rings is 1. The Labute approximate surface area is 212 Å². The van der Waals surface area contributed by atoms with Crippen LogP contribution in [0.2, 0.25) is 0 Å². The molecule has 188 valence electrons. The largest absolute Gasteiger partial charge is 0.497 e. The molecular formula is C27H25N5O5. The molecule has 2 aromatic heterocycles. The molecule has 6 rings (SSSR count). The predicted molar refractivity (Wildman–Crippen MR) is 134 cm³/mol. The minimum absolute atomic E-state index is 0.0173. The molecule has 3 aliphatic rings. The van der Waals surface area contributed by atoms with Gasteiger partial charge in [0.1, 0.15) is 23.1 Å². The van der Waals surface area contributed by atoms with Gasteiger partial charge in [0.2, 0.25) is 0 Å². The monoisotopic (exact) mass is 499 g/mol. The van der Waals surface area contributed by atoms with E-state index in [0.717, 1.165) is 28.0 Å². The molecule has 4 amide bonds. The van der Waals surface area contributed by atoms with Crippen molar-refractivity contribution in [3.8, 4) is 5.75 Å². The SMILES string of the molecule is COc1ccc2c(c1)C(=O)N(CC1(c3cc4c(o3)C(C)CC(c3ccc(N)nc3)=C4)NC(=O)NC1=O)C2. The molecule has 0 bridgehead atoms. The summed E-state index contributed by atoms with van der Waals surface area (Å²) in [6.45, 7) is 2.26. The standard InChI is InChI=1S/C27H25N5O5/c1-14-7-17(15-4-6-22(28)29-11-15)8-18-9-21(37-23(14)18)27(25(34)30-26(35)31-27)13-32-12-16-3-5-19(36-2)10-20(16)24(32)33/h3-6,8-11,14H,7,12-13H2,1-2H3,(H2,28,29)(H2,30,31,34,35). The molecule has 37 heavy (non-hydrogen) atoms. The van der Waals surface area contributed by atoms with Crippen LogP contribution in [0.1, 0.15) is 57.8 Å². The molecule has 1 fully saturated rings. The molecule has 3 aromatic rings. The maximum absolute atomic E-state index is 13.3. The first-order chi connectivity index (χ1) is 17.8. The number of amides is 4. The third kappa shape index (κ3) is 3.64. The predicted octanol–water partition coefficient (Wildman–Crippen LogP) is 3.00. The third-order valence-electron chi connectivity index (χ3n) is 7.24. The van der Waals surface area contributed by atoms with Crippen LogP contribution in [-0.2, 0) is 16.9 Å². The lowest BCUT2D eigenvalue weighted by molar-refractivity contribution is -0.125. The molecule has 1 aromatic carbocycles. The zero-order valence-corrected chi connectivity index (χ0v) is 20.3. The van der Waals surface area contributed by atoms with Gasteiger partial charge in [0, 0.05) is 29.8 Å². The second-order valence-corrected chi connectivity index (χ2v) is 9.67. The molecule has 0 saturated carbocycles. The minimum atomic E-state index is -1.56. The van der Waals surface area contributed by atoms with Gasteiger partial charge in [0.25, 0.3) is 11.8 Å². The van der Waals surface area contributed by atoms with Gasteiger partial charge in [-0.3, -0.25) is 14.9 Å². The zero-order valence-electron chi connectivity index (χ0n) is 20.3. The van der Waals surface area contributed by atoms with Crippen LogP contribution >= 0.6 is 0 Å². The van der Waals surface area contributed by atoms with Crippen molar-refractivity contribution in [2.75, 3.05) is 19.4 Å². The second kappa shape index (κ2) is 8.22. The van der Waals surface area contributed by atoms with Gasteiger partial charge < -0.3 is 25.1 Å². The van der Waals surface area contributed by atoms with Crippen molar-refractivity contribution >= 4 is 35.3 Å². The summed E-state index contributed by atoms with van der Waals surface area (Å²) in [7, 11) is 1.54. The van der Waals surface area contributed by atoms with Crippen molar-refractivity contribution < 1.29 is 23.5 Å². The quantitative estimate of drug-likeness (QED) is 0.459. The number of benzene rings is 1. The molecule has 2 atom stereocenters. The van der Waals surface area contributed by atoms with E-state index in [1.165, 1.54) is 7.11 Å². The summed E-state index contributed by atoms with van der Waals surface area (Å²) in [6.07, 6.45) is 4.44. The van der Waals surface area contributed by atoms with Crippen LogP contribution in [0.15, 0.2) is 47.0 Å². The molecule has 2 unspecified atom stereocenters. The number of carbonyl (C=O) groups is 3. The number of ether oxygens (including phenoxy) is 1. The number of aromatic nitrogens is 1. The highest BCUT2D eigenvalue weighted by Crippen LogP contribution is 2.42. The fourth-order valence-corrected chi connectivity index (χ4v) is 5.33. The summed E-state index contributed by atoms with van der Waals surface area (Å²) in [6, 6.07) is 10.1. The first-order valence-corrected chi connectivity index (χ1v) is 11.9. The molecule has 1 saturated heterocycles. The summed E-state index contributed by atoms with van der Waals surface area (Å²) in [4.78, 5) is 44.6. The molecule has 0 spiro atoms. The van der Waals surface area contributed by atoms with Crippen molar-refractivity contribution in [3.05, 3.63) is 76.4 Å². The van der Waals surface area contributed by atoms with E-state index in [1.54, 1.807) is 35.4 Å². The Bertz CT molecular complexity index is 1490. The second-order valence-electron chi connectivity index (χ2n) is 9.67. The van der Waals surface area contributed by atoms with Crippen molar-refractivity contribution in [2.45, 2.75) is 31.3 Å². The van der Waals surface area contributed by atoms with Crippen LogP contribution < -0.4 is 21.1 Å². The van der Waals surface area contributed by atoms with Crippen molar-refractivity contribution in [2.24, 2.45) is 0 Å². The van der Waals surface area contributed by atoms with Crippen LogP contribution in [0.4, 0.5) is 10.6 Å². The van der Waals surface area contributed by atoms with Gasteiger partial charge in [0.15, 0.2) is 5.54 Å². The van der Waals surface area contributed by atoms with Gasteiger partial charge in [0.05, 0.1) is 13.7 Å². The number of rotatable bonds is 5. The van der Waals surface area contributed by atoms with E-state index in [9.17, 15) is 14.4 Å². The van der Waals surface area contributed by atoms with Gasteiger partial charge in [-0.25, -0.2) is 9.78 Å². The minimum Gasteiger partial charge on any atom is -0.497 e. The number of anilines is 1. The van der Waals surface area contributed by atoms with E-state index in [-0.39, 0.29) is 24.1 Å². The molecule has 1 aliphatic carbocycles. The van der Waals surface area contributed by atoms with Gasteiger partial charge in [-0.05, 0) is 59.5 Å². The highest BCUT2D eigenvalue weighted by atomic mass is 16.5. The number of furan rings is 1. The lowest BCUT2D eigenvalue weighted by Gasteiger charge is -2.29. The first-order valence-electron chi connectivity index (χ1n) is 11.9. The van der Waals surface area contributed by atoms with Crippen molar-refractivity contribution in [3.63, 3.8) is 0 Å². The van der Waals surface area contributed by atoms with E-state index in [0.29, 0.717) is 30.1 Å². The summed E-state index contributed by atoms with van der Waals surface area (Å²) in [5.41, 5.74) is 8.34. The Kier molecular flexibility index (Phi) is 5.08. The number of urea groups is 1. The maximum Gasteiger partial charge on any atom is 0.322 e. The van der Waals surface area contributed by atoms with Crippen molar-refractivity contribution in [1.82, 2.24) is 20.5 Å². The van der Waals surface area contributed by atoms with Crippen LogP contribution in [0.5, 0.6) is 5.75 Å². The van der Waals surface area contributed by atoms with Crippen LogP contribution in [0.3, 0.4) is 0 Å². The number of nitrogens with two attached hydrogens (primary N) is 1. The molecule has 0 radical (unpaired) electrons. The number of fused-ring (bicyclic) bond motifs is 2. The summed E-state index contributed by atoms with van der Waals surface area (Å²) in [5, 5.41) is 5.07. The summed E-state index contributed by atoms with van der Waals surface area (Å²) in [5.74, 6) is 1.22. The third-order valence-corrected chi connectivity index (χ3v) is 7.24. The van der Waals surface area contributed by atoms with Gasteiger partial charge in [-0.1, -0.05) is 13.0 Å². The lowest BCUT2D eigenvalue weighted by atomic mass is 9.86. The number of carbonyl (C=O) groups excluding carboxylic acids is 3. The number of hydrogen-bond donors (Lipinski definition) is 3. The number of imide groups is 1. The topological polar surface area (TPSA) is 140 Å². The number of nitrogen functional groups attached to an aromatic ring is 1. The molecule has 10 heteroatoms. The Morgan fingerprint density at radius 3 is 2.76 bits per heavy atom. The van der Waals surface area contributed by atoms with E-state index >= 15 is 0 Å². The normalized spacial score (nSPS) is 22.3. The van der Waals surface area contributed by atoms with Gasteiger partial charge in [-0.2, -0.15) is 0 Å². The highest BCUT2D eigenvalue weighted by molar-refractivity contribution is 6.08. The maximum atomic E-state index is 13.3. The summed E-state index contributed by atoms with van der Waals surface area (Å²) < 4.78 is 11.5. The Balaban J connectivity index is 1.37. The Morgan fingerprint density at radius 1 is 1.22 bits per heavy atom. The van der Waals surface area contributed by atoms with E-state index < -0.39 is 17.5 Å². The average Bonchev–Trinajstić information content (AvgIpc) is 3.54. The van der Waals surface area contributed by atoms with Crippen LogP contribution in [0, 0.1) is 0 Å². The van der Waals surface area contributed by atoms with E-state index in [4.69, 9.17) is 14.9 Å². The van der Waals surface area contributed by atoms with Crippen molar-refractivity contribution in [1.29, 1.82) is 0 Å². The fourth-order valence-electron chi connectivity index (χ4n) is 5.33. The van der Waals surface area contributed by atoms with Gasteiger partial charge in [-0.15, -0.1) is 0 Å². The Morgan fingerprint density at radius 2 is 2.05 bits per heavy atom. The number of nitrogens with zero attached hydrogens (tertiary/aromatic N) is 2. The zero-order chi connectivity index (χ0) is 25.9. The van der Waals surface area contributed by atoms with Crippen LogP contribution in [0.25, 0.3) is 11.6 Å². The number of hydrogen-bond acceptors (Lipinski definition) is 7. The van der Waals surface area contributed by atoms with E-state index in [1.807, 2.05) is 25.1 Å². The number of nitrogens with one attached hydrogen (secondary N) is 2.